The third-order valence-electron chi connectivity index (χ3n) is 3.54. The summed E-state index contributed by atoms with van der Waals surface area (Å²) in [6.07, 6.45) is 1.00. The first-order valence-corrected chi connectivity index (χ1v) is 7.36. The number of nitrogens with zero attached hydrogens (tertiary/aromatic N) is 2. The van der Waals surface area contributed by atoms with Gasteiger partial charge in [0.15, 0.2) is 0 Å². The number of aromatic nitrogens is 3. The number of H-pyrrole nitrogens is 1. The van der Waals surface area contributed by atoms with Crippen LogP contribution in [0, 0.1) is 6.92 Å². The number of rotatable bonds is 2. The van der Waals surface area contributed by atoms with Gasteiger partial charge in [0.1, 0.15) is 11.4 Å². The Labute approximate surface area is 120 Å². The van der Waals surface area contributed by atoms with E-state index in [1.807, 2.05) is 6.92 Å². The standard InChI is InChI=1S/C15H13N3OS/c1-9-15(17-18-16-9)14-5-4-13(20-14)11-2-3-12-10(8-11)6-7-19-12/h2-5,8H,6-7H2,1H3,(H,16,17,18). The first kappa shape index (κ1) is 11.7. The van der Waals surface area contributed by atoms with Crippen LogP contribution >= 0.6 is 11.3 Å². The van der Waals surface area contributed by atoms with Crippen LogP contribution in [0.4, 0.5) is 0 Å². The molecule has 0 bridgehead atoms. The van der Waals surface area contributed by atoms with E-state index in [2.05, 4.69) is 45.7 Å². The van der Waals surface area contributed by atoms with Gasteiger partial charge in [-0.3, -0.25) is 0 Å². The average molecular weight is 283 g/mol. The Morgan fingerprint density at radius 3 is 2.90 bits per heavy atom. The summed E-state index contributed by atoms with van der Waals surface area (Å²) < 4.78 is 5.55. The Kier molecular flexibility index (Phi) is 2.60. The number of hydrogen-bond acceptors (Lipinski definition) is 4. The highest BCUT2D eigenvalue weighted by atomic mass is 32.1. The van der Waals surface area contributed by atoms with Gasteiger partial charge in [-0.25, -0.2) is 0 Å². The molecule has 2 aromatic heterocycles. The molecular weight excluding hydrogens is 270 g/mol. The Balaban J connectivity index is 1.73. The molecule has 0 atom stereocenters. The van der Waals surface area contributed by atoms with Gasteiger partial charge in [0.05, 0.1) is 17.2 Å². The molecule has 0 fully saturated rings. The predicted octanol–water partition coefficient (Wildman–Crippen LogP) is 3.44. The van der Waals surface area contributed by atoms with E-state index in [0.717, 1.165) is 35.0 Å². The maximum absolute atomic E-state index is 5.55. The molecular formula is C15H13N3OS. The van der Waals surface area contributed by atoms with Crippen molar-refractivity contribution in [1.29, 1.82) is 0 Å². The van der Waals surface area contributed by atoms with Crippen molar-refractivity contribution in [2.24, 2.45) is 0 Å². The smallest absolute Gasteiger partial charge is 0.125 e. The predicted molar refractivity (Wildman–Crippen MR) is 79.1 cm³/mol. The first-order valence-electron chi connectivity index (χ1n) is 6.55. The molecule has 3 heterocycles. The molecule has 0 unspecified atom stereocenters. The van der Waals surface area contributed by atoms with Gasteiger partial charge in [-0.2, -0.15) is 15.4 Å². The molecule has 4 nitrogen and oxygen atoms in total. The molecule has 1 N–H and O–H groups in total. The lowest BCUT2D eigenvalue weighted by atomic mass is 10.1. The summed E-state index contributed by atoms with van der Waals surface area (Å²) in [5.74, 6) is 1.03. The van der Waals surface area contributed by atoms with E-state index in [1.54, 1.807) is 11.3 Å². The highest BCUT2D eigenvalue weighted by Gasteiger charge is 2.14. The largest absolute Gasteiger partial charge is 0.493 e. The summed E-state index contributed by atoms with van der Waals surface area (Å²) in [4.78, 5) is 2.39. The topological polar surface area (TPSA) is 50.8 Å². The second kappa shape index (κ2) is 4.45. The maximum atomic E-state index is 5.55. The van der Waals surface area contributed by atoms with E-state index in [4.69, 9.17) is 4.74 Å². The van der Waals surface area contributed by atoms with Gasteiger partial charge in [-0.15, -0.1) is 11.3 Å². The van der Waals surface area contributed by atoms with Crippen LogP contribution in [-0.4, -0.2) is 22.0 Å². The van der Waals surface area contributed by atoms with E-state index in [9.17, 15) is 0 Å². The second-order valence-corrected chi connectivity index (χ2v) is 5.93. The SMILES string of the molecule is Cc1n[nH]nc1-c1ccc(-c2ccc3c(c2)CCO3)s1. The van der Waals surface area contributed by atoms with E-state index in [0.29, 0.717) is 0 Å². The fourth-order valence-corrected chi connectivity index (χ4v) is 3.52. The number of aryl methyl sites for hydroxylation is 1. The highest BCUT2D eigenvalue weighted by Crippen LogP contribution is 2.37. The number of benzene rings is 1. The lowest BCUT2D eigenvalue weighted by Gasteiger charge is -2.01. The van der Waals surface area contributed by atoms with Gasteiger partial charge in [0.25, 0.3) is 0 Å². The molecule has 0 spiro atoms. The van der Waals surface area contributed by atoms with Gasteiger partial charge in [-0.05, 0) is 48.4 Å². The zero-order chi connectivity index (χ0) is 13.5. The summed E-state index contributed by atoms with van der Waals surface area (Å²) in [5, 5.41) is 11.0. The van der Waals surface area contributed by atoms with Crippen LogP contribution in [0.5, 0.6) is 5.75 Å². The van der Waals surface area contributed by atoms with Crippen LogP contribution in [0.15, 0.2) is 30.3 Å². The molecule has 0 saturated heterocycles. The molecule has 4 rings (SSSR count). The average Bonchev–Trinajstić information content (AvgIpc) is 3.17. The van der Waals surface area contributed by atoms with Gasteiger partial charge in [0.2, 0.25) is 0 Å². The Hall–Kier alpha value is -2.14. The summed E-state index contributed by atoms with van der Waals surface area (Å²) >= 11 is 1.74. The van der Waals surface area contributed by atoms with Crippen molar-refractivity contribution in [2.75, 3.05) is 6.61 Å². The van der Waals surface area contributed by atoms with Crippen molar-refractivity contribution in [3.8, 4) is 26.8 Å². The first-order chi connectivity index (χ1) is 9.81. The van der Waals surface area contributed by atoms with Crippen LogP contribution in [0.1, 0.15) is 11.3 Å². The minimum Gasteiger partial charge on any atom is -0.493 e. The van der Waals surface area contributed by atoms with Crippen LogP contribution in [-0.2, 0) is 6.42 Å². The normalized spacial score (nSPS) is 13.2. The van der Waals surface area contributed by atoms with Crippen molar-refractivity contribution < 1.29 is 4.74 Å². The number of fused-ring (bicyclic) bond motifs is 1. The minimum atomic E-state index is 0.798. The maximum Gasteiger partial charge on any atom is 0.125 e. The highest BCUT2D eigenvalue weighted by molar-refractivity contribution is 7.18. The molecule has 0 amide bonds. The summed E-state index contributed by atoms with van der Waals surface area (Å²) in [5.41, 5.74) is 4.41. The fourth-order valence-electron chi connectivity index (χ4n) is 2.48. The molecule has 1 aliphatic rings. The zero-order valence-electron chi connectivity index (χ0n) is 11.0. The third-order valence-corrected chi connectivity index (χ3v) is 4.68. The molecule has 5 heteroatoms. The molecule has 1 aromatic carbocycles. The zero-order valence-corrected chi connectivity index (χ0v) is 11.8. The van der Waals surface area contributed by atoms with Gasteiger partial charge >= 0.3 is 0 Å². The lowest BCUT2D eigenvalue weighted by Crippen LogP contribution is -1.85. The molecule has 0 saturated carbocycles. The summed E-state index contributed by atoms with van der Waals surface area (Å²) in [6, 6.07) is 10.7. The number of thiophene rings is 1. The van der Waals surface area contributed by atoms with Gasteiger partial charge in [-0.1, -0.05) is 0 Å². The monoisotopic (exact) mass is 283 g/mol. The van der Waals surface area contributed by atoms with Crippen molar-refractivity contribution in [3.63, 3.8) is 0 Å². The Bertz CT molecular complexity index is 775. The van der Waals surface area contributed by atoms with Crippen LogP contribution in [0.3, 0.4) is 0 Å². The van der Waals surface area contributed by atoms with Crippen molar-refractivity contribution in [2.45, 2.75) is 13.3 Å². The molecule has 20 heavy (non-hydrogen) atoms. The number of hydrogen-bond donors (Lipinski definition) is 1. The lowest BCUT2D eigenvalue weighted by molar-refractivity contribution is 0.357. The summed E-state index contributed by atoms with van der Waals surface area (Å²) in [6.45, 7) is 2.76. The third kappa shape index (κ3) is 1.82. The Morgan fingerprint density at radius 2 is 2.05 bits per heavy atom. The summed E-state index contributed by atoms with van der Waals surface area (Å²) in [7, 11) is 0. The second-order valence-electron chi connectivity index (χ2n) is 4.84. The fraction of sp³-hybridized carbons (Fsp3) is 0.200. The van der Waals surface area contributed by atoms with E-state index >= 15 is 0 Å². The number of aromatic amines is 1. The number of nitrogens with one attached hydrogen (secondary N) is 1. The van der Waals surface area contributed by atoms with Crippen molar-refractivity contribution in [1.82, 2.24) is 15.4 Å². The molecule has 0 radical (unpaired) electrons. The van der Waals surface area contributed by atoms with E-state index in [1.165, 1.54) is 16.0 Å². The molecule has 1 aliphatic heterocycles. The van der Waals surface area contributed by atoms with Crippen LogP contribution in [0.2, 0.25) is 0 Å². The van der Waals surface area contributed by atoms with Crippen molar-refractivity contribution >= 4 is 11.3 Å². The molecule has 3 aromatic rings. The minimum absolute atomic E-state index is 0.798. The number of ether oxygens (including phenoxy) is 1. The Morgan fingerprint density at radius 1 is 1.15 bits per heavy atom. The van der Waals surface area contributed by atoms with Gasteiger partial charge < -0.3 is 4.74 Å². The van der Waals surface area contributed by atoms with Gasteiger partial charge in [0, 0.05) is 11.3 Å². The quantitative estimate of drug-likeness (QED) is 0.783. The van der Waals surface area contributed by atoms with Crippen LogP contribution in [0.25, 0.3) is 21.0 Å². The van der Waals surface area contributed by atoms with Crippen LogP contribution < -0.4 is 4.74 Å². The molecule has 100 valence electrons. The van der Waals surface area contributed by atoms with Crippen molar-refractivity contribution in [3.05, 3.63) is 41.6 Å². The molecule has 0 aliphatic carbocycles. The van der Waals surface area contributed by atoms with E-state index in [-0.39, 0.29) is 0 Å². The van der Waals surface area contributed by atoms with E-state index < -0.39 is 0 Å².